The summed E-state index contributed by atoms with van der Waals surface area (Å²) in [6, 6.07) is 9.61. The fourth-order valence-electron chi connectivity index (χ4n) is 1.62. The summed E-state index contributed by atoms with van der Waals surface area (Å²) in [4.78, 5) is 12.0. The van der Waals surface area contributed by atoms with Gasteiger partial charge in [0.15, 0.2) is 0 Å². The summed E-state index contributed by atoms with van der Waals surface area (Å²) >= 11 is 11.7. The highest BCUT2D eigenvalue weighted by atomic mass is 35.5. The molecule has 2 aromatic rings. The highest BCUT2D eigenvalue weighted by molar-refractivity contribution is 6.34. The van der Waals surface area contributed by atoms with E-state index in [0.29, 0.717) is 15.7 Å². The average molecular weight is 296 g/mol. The third kappa shape index (κ3) is 3.19. The number of halogens is 2. The summed E-state index contributed by atoms with van der Waals surface area (Å²) in [5.74, 6) is -0.615. The molecular formula is C14H11Cl2NO2. The van der Waals surface area contributed by atoms with Gasteiger partial charge in [0, 0.05) is 5.02 Å². The summed E-state index contributed by atoms with van der Waals surface area (Å²) in [7, 11) is 0. The molecule has 2 rings (SSSR count). The Morgan fingerprint density at radius 3 is 2.58 bits per heavy atom. The van der Waals surface area contributed by atoms with Gasteiger partial charge in [-0.2, -0.15) is 0 Å². The van der Waals surface area contributed by atoms with Crippen molar-refractivity contribution < 1.29 is 9.90 Å². The summed E-state index contributed by atoms with van der Waals surface area (Å²) in [6.07, 6.45) is 0. The van der Waals surface area contributed by atoms with E-state index in [1.807, 2.05) is 13.0 Å². The van der Waals surface area contributed by atoms with Crippen molar-refractivity contribution in [2.24, 2.45) is 0 Å². The molecule has 0 fully saturated rings. The van der Waals surface area contributed by atoms with Crippen LogP contribution in [0.4, 0.5) is 5.69 Å². The number of amides is 1. The van der Waals surface area contributed by atoms with Crippen molar-refractivity contribution in [3.8, 4) is 5.75 Å². The first-order chi connectivity index (χ1) is 8.97. The molecule has 0 saturated heterocycles. The molecule has 0 aromatic heterocycles. The van der Waals surface area contributed by atoms with Crippen LogP contribution in [-0.2, 0) is 0 Å². The van der Waals surface area contributed by atoms with Crippen molar-refractivity contribution in [2.75, 3.05) is 5.32 Å². The second-order valence-electron chi connectivity index (χ2n) is 4.10. The Morgan fingerprint density at radius 2 is 1.89 bits per heavy atom. The molecule has 0 bridgehead atoms. The first-order valence-electron chi connectivity index (χ1n) is 5.53. The van der Waals surface area contributed by atoms with Gasteiger partial charge >= 0.3 is 0 Å². The van der Waals surface area contributed by atoms with Gasteiger partial charge in [-0.1, -0.05) is 29.3 Å². The fourth-order valence-corrected chi connectivity index (χ4v) is 1.95. The van der Waals surface area contributed by atoms with Crippen molar-refractivity contribution >= 4 is 34.8 Å². The number of aryl methyl sites for hydroxylation is 1. The molecule has 0 atom stereocenters. The lowest BCUT2D eigenvalue weighted by molar-refractivity contribution is 0.102. The average Bonchev–Trinajstić information content (AvgIpc) is 2.33. The Morgan fingerprint density at radius 1 is 1.16 bits per heavy atom. The number of carbonyl (C=O) groups excluding carboxylic acids is 1. The number of anilines is 1. The van der Waals surface area contributed by atoms with Crippen LogP contribution in [0, 0.1) is 6.92 Å². The van der Waals surface area contributed by atoms with E-state index in [0.717, 1.165) is 5.56 Å². The van der Waals surface area contributed by atoms with Crippen LogP contribution >= 0.6 is 23.2 Å². The Labute approximate surface area is 120 Å². The molecule has 0 heterocycles. The lowest BCUT2D eigenvalue weighted by atomic mass is 10.1. The maximum atomic E-state index is 12.0. The molecule has 0 unspecified atom stereocenters. The minimum absolute atomic E-state index is 0.141. The second kappa shape index (κ2) is 5.51. The van der Waals surface area contributed by atoms with Gasteiger partial charge in [0.05, 0.1) is 16.3 Å². The monoisotopic (exact) mass is 295 g/mol. The van der Waals surface area contributed by atoms with Gasteiger partial charge in [0.1, 0.15) is 5.75 Å². The fraction of sp³-hybridized carbons (Fsp3) is 0.0714. The summed E-state index contributed by atoms with van der Waals surface area (Å²) in [6.45, 7) is 1.89. The first-order valence-corrected chi connectivity index (χ1v) is 6.29. The standard InChI is InChI=1S/C14H11Cl2NO2/c1-8-2-5-11(16)12(6-8)17-14(19)10-4-3-9(15)7-13(10)18/h2-7,18H,1H3,(H,17,19). The van der Waals surface area contributed by atoms with E-state index in [1.165, 1.54) is 18.2 Å². The minimum Gasteiger partial charge on any atom is -0.507 e. The lowest BCUT2D eigenvalue weighted by Crippen LogP contribution is -2.12. The van der Waals surface area contributed by atoms with Gasteiger partial charge in [-0.15, -0.1) is 0 Å². The zero-order valence-corrected chi connectivity index (χ0v) is 11.6. The van der Waals surface area contributed by atoms with Crippen molar-refractivity contribution in [3.63, 3.8) is 0 Å². The molecule has 0 aliphatic heterocycles. The molecule has 98 valence electrons. The third-order valence-electron chi connectivity index (χ3n) is 2.57. The molecule has 0 aliphatic carbocycles. The van der Waals surface area contributed by atoms with Gasteiger partial charge in [-0.3, -0.25) is 4.79 Å². The Kier molecular flexibility index (Phi) is 3.98. The van der Waals surface area contributed by atoms with Crippen molar-refractivity contribution in [2.45, 2.75) is 6.92 Å². The van der Waals surface area contributed by atoms with E-state index in [-0.39, 0.29) is 11.3 Å². The van der Waals surface area contributed by atoms with E-state index in [9.17, 15) is 9.90 Å². The highest BCUT2D eigenvalue weighted by Gasteiger charge is 2.13. The van der Waals surface area contributed by atoms with Crippen LogP contribution in [0.15, 0.2) is 36.4 Å². The van der Waals surface area contributed by atoms with E-state index < -0.39 is 5.91 Å². The zero-order chi connectivity index (χ0) is 14.0. The molecule has 0 spiro atoms. The normalized spacial score (nSPS) is 10.3. The van der Waals surface area contributed by atoms with Gasteiger partial charge in [-0.25, -0.2) is 0 Å². The molecular weight excluding hydrogens is 285 g/mol. The number of benzene rings is 2. The molecule has 3 nitrogen and oxygen atoms in total. The van der Waals surface area contributed by atoms with Crippen molar-refractivity contribution in [1.29, 1.82) is 0 Å². The maximum Gasteiger partial charge on any atom is 0.259 e. The van der Waals surface area contributed by atoms with Gasteiger partial charge in [0.25, 0.3) is 5.91 Å². The number of nitrogens with one attached hydrogen (secondary N) is 1. The van der Waals surface area contributed by atoms with Crippen LogP contribution < -0.4 is 5.32 Å². The summed E-state index contributed by atoms with van der Waals surface area (Å²) in [5, 5.41) is 13.1. The molecule has 2 N–H and O–H groups in total. The third-order valence-corrected chi connectivity index (χ3v) is 3.14. The van der Waals surface area contributed by atoms with Crippen LogP contribution in [0.5, 0.6) is 5.75 Å². The number of phenols is 1. The lowest BCUT2D eigenvalue weighted by Gasteiger charge is -2.09. The number of hydrogen-bond acceptors (Lipinski definition) is 2. The molecule has 1 amide bonds. The predicted molar refractivity (Wildman–Crippen MR) is 77.3 cm³/mol. The van der Waals surface area contributed by atoms with Crippen LogP contribution in [-0.4, -0.2) is 11.0 Å². The second-order valence-corrected chi connectivity index (χ2v) is 4.94. The van der Waals surface area contributed by atoms with Crippen molar-refractivity contribution in [1.82, 2.24) is 0 Å². The number of aromatic hydroxyl groups is 1. The van der Waals surface area contributed by atoms with E-state index in [2.05, 4.69) is 5.32 Å². The summed E-state index contributed by atoms with van der Waals surface area (Å²) < 4.78 is 0. The van der Waals surface area contributed by atoms with Crippen LogP contribution in [0.2, 0.25) is 10.0 Å². The Balaban J connectivity index is 2.28. The molecule has 0 saturated carbocycles. The number of phenolic OH excluding ortho intramolecular Hbond substituents is 1. The van der Waals surface area contributed by atoms with Gasteiger partial charge in [-0.05, 0) is 42.8 Å². The van der Waals surface area contributed by atoms with Crippen molar-refractivity contribution in [3.05, 3.63) is 57.6 Å². The SMILES string of the molecule is Cc1ccc(Cl)c(NC(=O)c2ccc(Cl)cc2O)c1. The maximum absolute atomic E-state index is 12.0. The first kappa shape index (κ1) is 13.7. The smallest absolute Gasteiger partial charge is 0.259 e. The molecule has 5 heteroatoms. The molecule has 0 aliphatic rings. The topological polar surface area (TPSA) is 49.3 Å². The highest BCUT2D eigenvalue weighted by Crippen LogP contribution is 2.26. The van der Waals surface area contributed by atoms with E-state index in [1.54, 1.807) is 12.1 Å². The van der Waals surface area contributed by atoms with E-state index >= 15 is 0 Å². The van der Waals surface area contributed by atoms with Gasteiger partial charge in [0.2, 0.25) is 0 Å². The van der Waals surface area contributed by atoms with Crippen LogP contribution in [0.1, 0.15) is 15.9 Å². The predicted octanol–water partition coefficient (Wildman–Crippen LogP) is 4.26. The van der Waals surface area contributed by atoms with Crippen LogP contribution in [0.25, 0.3) is 0 Å². The quantitative estimate of drug-likeness (QED) is 0.870. The molecule has 19 heavy (non-hydrogen) atoms. The number of hydrogen-bond donors (Lipinski definition) is 2. The van der Waals surface area contributed by atoms with E-state index in [4.69, 9.17) is 23.2 Å². The van der Waals surface area contributed by atoms with Crippen LogP contribution in [0.3, 0.4) is 0 Å². The zero-order valence-electron chi connectivity index (χ0n) is 10.1. The Bertz CT molecular complexity index is 641. The number of carbonyl (C=O) groups is 1. The summed E-state index contributed by atoms with van der Waals surface area (Å²) in [5.41, 5.74) is 1.61. The number of rotatable bonds is 2. The minimum atomic E-state index is -0.443. The van der Waals surface area contributed by atoms with Gasteiger partial charge < -0.3 is 10.4 Å². The Hall–Kier alpha value is -1.71. The molecule has 0 radical (unpaired) electrons. The molecule has 2 aromatic carbocycles. The largest absolute Gasteiger partial charge is 0.507 e.